The molecule has 0 fully saturated rings. The molecule has 1 unspecified atom stereocenters. The Morgan fingerprint density at radius 1 is 1.30 bits per heavy atom. The quantitative estimate of drug-likeness (QED) is 0.890. The summed E-state index contributed by atoms with van der Waals surface area (Å²) in [5.41, 5.74) is 0.266. The van der Waals surface area contributed by atoms with Crippen LogP contribution in [-0.4, -0.2) is 26.3 Å². The van der Waals surface area contributed by atoms with Crippen LogP contribution in [0.2, 0.25) is 0 Å². The van der Waals surface area contributed by atoms with Gasteiger partial charge in [-0.2, -0.15) is 11.3 Å². The minimum absolute atomic E-state index is 0.232. The molecule has 0 aliphatic carbocycles. The smallest absolute Gasteiger partial charge is 0.177 e. The van der Waals surface area contributed by atoms with Crippen molar-refractivity contribution in [3.63, 3.8) is 0 Å². The minimum atomic E-state index is -3.30. The highest BCUT2D eigenvalue weighted by molar-refractivity contribution is 7.90. The molecule has 0 saturated heterocycles. The Balaban J connectivity index is 2.20. The van der Waals surface area contributed by atoms with Crippen LogP contribution < -0.4 is 5.32 Å². The van der Waals surface area contributed by atoms with Crippen LogP contribution in [0.25, 0.3) is 0 Å². The third-order valence-electron chi connectivity index (χ3n) is 3.05. The molecule has 0 spiro atoms. The van der Waals surface area contributed by atoms with E-state index in [-0.39, 0.29) is 11.4 Å². The third-order valence-corrected chi connectivity index (χ3v) is 4.89. The Labute approximate surface area is 123 Å². The lowest BCUT2D eigenvalue weighted by atomic mass is 9.99. The van der Waals surface area contributed by atoms with Crippen molar-refractivity contribution in [2.24, 2.45) is 0 Å². The van der Waals surface area contributed by atoms with Gasteiger partial charge in [-0.15, -0.1) is 0 Å². The Kier molecular flexibility index (Phi) is 4.17. The van der Waals surface area contributed by atoms with Crippen molar-refractivity contribution in [1.29, 1.82) is 0 Å². The number of para-hydroxylation sites is 1. The fourth-order valence-corrected chi connectivity index (χ4v) is 3.52. The van der Waals surface area contributed by atoms with Gasteiger partial charge >= 0.3 is 0 Å². The first-order valence-corrected chi connectivity index (χ1v) is 8.92. The van der Waals surface area contributed by atoms with Crippen molar-refractivity contribution in [3.05, 3.63) is 46.7 Å². The molecule has 20 heavy (non-hydrogen) atoms. The highest BCUT2D eigenvalue weighted by Crippen LogP contribution is 2.26. The van der Waals surface area contributed by atoms with Crippen molar-refractivity contribution in [3.8, 4) is 0 Å². The molecule has 1 heterocycles. The van der Waals surface area contributed by atoms with Gasteiger partial charge in [0.15, 0.2) is 9.84 Å². The predicted molar refractivity (Wildman–Crippen MR) is 81.9 cm³/mol. The summed E-state index contributed by atoms with van der Waals surface area (Å²) in [5.74, 6) is 0. The Bertz CT molecular complexity index is 676. The molecular formula is C14H17NO3S2. The molecule has 0 amide bonds. The SMILES string of the molecule is CC(O)(CNc1ccccc1S(C)(=O)=O)c1ccsc1. The predicted octanol–water partition coefficient (Wildman–Crippen LogP) is 2.47. The molecule has 0 radical (unpaired) electrons. The van der Waals surface area contributed by atoms with Gasteiger partial charge in [-0.3, -0.25) is 0 Å². The van der Waals surface area contributed by atoms with Crippen molar-refractivity contribution >= 4 is 26.9 Å². The normalized spacial score (nSPS) is 14.8. The molecule has 2 N–H and O–H groups in total. The van der Waals surface area contributed by atoms with Crippen LogP contribution in [0.4, 0.5) is 5.69 Å². The minimum Gasteiger partial charge on any atom is -0.384 e. The van der Waals surface area contributed by atoms with Crippen LogP contribution in [0, 0.1) is 0 Å². The van der Waals surface area contributed by atoms with Gasteiger partial charge in [-0.05, 0) is 41.4 Å². The fourth-order valence-electron chi connectivity index (χ4n) is 1.88. The summed E-state index contributed by atoms with van der Waals surface area (Å²) < 4.78 is 23.4. The van der Waals surface area contributed by atoms with Crippen LogP contribution in [0.5, 0.6) is 0 Å². The monoisotopic (exact) mass is 311 g/mol. The van der Waals surface area contributed by atoms with Gasteiger partial charge in [0.25, 0.3) is 0 Å². The number of thiophene rings is 1. The first-order chi connectivity index (χ1) is 9.31. The molecule has 1 atom stereocenters. The summed E-state index contributed by atoms with van der Waals surface area (Å²) in [6.07, 6.45) is 1.17. The number of hydrogen-bond donors (Lipinski definition) is 2. The molecule has 2 aromatic rings. The molecule has 108 valence electrons. The first kappa shape index (κ1) is 15.0. The number of anilines is 1. The summed E-state index contributed by atoms with van der Waals surface area (Å²) in [6.45, 7) is 1.93. The molecule has 0 saturated carbocycles. The summed E-state index contributed by atoms with van der Waals surface area (Å²) in [5, 5.41) is 17.2. The van der Waals surface area contributed by atoms with Gasteiger partial charge < -0.3 is 10.4 Å². The fraction of sp³-hybridized carbons (Fsp3) is 0.286. The Morgan fingerprint density at radius 3 is 2.60 bits per heavy atom. The van der Waals surface area contributed by atoms with E-state index in [1.54, 1.807) is 31.2 Å². The molecule has 0 aliphatic rings. The standard InChI is InChI=1S/C14H17NO3S2/c1-14(16,11-7-8-19-9-11)10-15-12-5-3-4-6-13(12)20(2,17)18/h3-9,15-16H,10H2,1-2H3. The van der Waals surface area contributed by atoms with Gasteiger partial charge in [-0.1, -0.05) is 12.1 Å². The average Bonchev–Trinajstić information content (AvgIpc) is 2.90. The van der Waals surface area contributed by atoms with Crippen molar-refractivity contribution < 1.29 is 13.5 Å². The third kappa shape index (κ3) is 3.39. The second-order valence-electron chi connectivity index (χ2n) is 4.91. The molecular weight excluding hydrogens is 294 g/mol. The first-order valence-electron chi connectivity index (χ1n) is 6.09. The van der Waals surface area contributed by atoms with Crippen LogP contribution in [0.3, 0.4) is 0 Å². The molecule has 1 aromatic heterocycles. The maximum Gasteiger partial charge on any atom is 0.177 e. The molecule has 0 bridgehead atoms. The van der Waals surface area contributed by atoms with E-state index in [0.29, 0.717) is 5.69 Å². The highest BCUT2D eigenvalue weighted by Gasteiger charge is 2.24. The lowest BCUT2D eigenvalue weighted by Gasteiger charge is -2.24. The summed E-state index contributed by atoms with van der Waals surface area (Å²) in [7, 11) is -3.30. The zero-order valence-corrected chi connectivity index (χ0v) is 13.0. The number of rotatable bonds is 5. The van der Waals surface area contributed by atoms with E-state index in [9.17, 15) is 13.5 Å². The maximum absolute atomic E-state index is 11.7. The van der Waals surface area contributed by atoms with E-state index in [1.807, 2.05) is 16.8 Å². The van der Waals surface area contributed by atoms with E-state index in [2.05, 4.69) is 5.32 Å². The van der Waals surface area contributed by atoms with Crippen molar-refractivity contribution in [1.82, 2.24) is 0 Å². The number of aliphatic hydroxyl groups is 1. The zero-order valence-electron chi connectivity index (χ0n) is 11.3. The van der Waals surface area contributed by atoms with E-state index in [0.717, 1.165) is 5.56 Å². The number of sulfone groups is 1. The van der Waals surface area contributed by atoms with Gasteiger partial charge in [0.05, 0.1) is 10.6 Å². The summed E-state index contributed by atoms with van der Waals surface area (Å²) in [4.78, 5) is 0.237. The van der Waals surface area contributed by atoms with E-state index in [1.165, 1.54) is 17.6 Å². The van der Waals surface area contributed by atoms with Crippen molar-refractivity contribution in [2.75, 3.05) is 18.1 Å². The van der Waals surface area contributed by atoms with Gasteiger partial charge in [-0.25, -0.2) is 8.42 Å². The molecule has 6 heteroatoms. The second kappa shape index (κ2) is 5.55. The molecule has 4 nitrogen and oxygen atoms in total. The van der Waals surface area contributed by atoms with Crippen LogP contribution in [-0.2, 0) is 15.4 Å². The van der Waals surface area contributed by atoms with Gasteiger partial charge in [0.2, 0.25) is 0 Å². The largest absolute Gasteiger partial charge is 0.384 e. The molecule has 1 aromatic carbocycles. The summed E-state index contributed by atoms with van der Waals surface area (Å²) >= 11 is 1.51. The second-order valence-corrected chi connectivity index (χ2v) is 7.67. The van der Waals surface area contributed by atoms with E-state index < -0.39 is 15.4 Å². The topological polar surface area (TPSA) is 66.4 Å². The number of hydrogen-bond acceptors (Lipinski definition) is 5. The van der Waals surface area contributed by atoms with Crippen LogP contribution >= 0.6 is 11.3 Å². The van der Waals surface area contributed by atoms with Crippen molar-refractivity contribution in [2.45, 2.75) is 17.4 Å². The molecule has 0 aliphatic heterocycles. The average molecular weight is 311 g/mol. The van der Waals surface area contributed by atoms with Gasteiger partial charge in [0.1, 0.15) is 5.60 Å². The highest BCUT2D eigenvalue weighted by atomic mass is 32.2. The number of nitrogens with one attached hydrogen (secondary N) is 1. The maximum atomic E-state index is 11.7. The van der Waals surface area contributed by atoms with Gasteiger partial charge in [0, 0.05) is 12.8 Å². The summed E-state index contributed by atoms with van der Waals surface area (Å²) in [6, 6.07) is 8.54. The lowest BCUT2D eigenvalue weighted by molar-refractivity contribution is 0.0719. The van der Waals surface area contributed by atoms with E-state index in [4.69, 9.17) is 0 Å². The lowest BCUT2D eigenvalue weighted by Crippen LogP contribution is -2.30. The Morgan fingerprint density at radius 2 is 2.00 bits per heavy atom. The Hall–Kier alpha value is -1.37. The van der Waals surface area contributed by atoms with Crippen LogP contribution in [0.1, 0.15) is 12.5 Å². The zero-order chi connectivity index (χ0) is 14.8. The number of benzene rings is 1. The van der Waals surface area contributed by atoms with E-state index >= 15 is 0 Å². The van der Waals surface area contributed by atoms with Crippen LogP contribution in [0.15, 0.2) is 46.0 Å². The molecule has 2 rings (SSSR count).